The Labute approximate surface area is 155 Å². The van der Waals surface area contributed by atoms with Gasteiger partial charge in [-0.25, -0.2) is 13.2 Å². The third-order valence-electron chi connectivity index (χ3n) is 3.92. The molecule has 1 heterocycles. The van der Waals surface area contributed by atoms with Crippen LogP contribution < -0.4 is 5.76 Å². The van der Waals surface area contributed by atoms with Gasteiger partial charge < -0.3 is 9.52 Å². The number of aryl methyl sites for hydroxylation is 1. The van der Waals surface area contributed by atoms with E-state index in [1.807, 2.05) is 0 Å². The first-order valence-electron chi connectivity index (χ1n) is 7.80. The number of rotatable bonds is 6. The van der Waals surface area contributed by atoms with Crippen LogP contribution in [-0.2, 0) is 22.7 Å². The lowest BCUT2D eigenvalue weighted by Crippen LogP contribution is -2.09. The average molecular weight is 394 g/mol. The number of aromatic nitrogens is 1. The maximum atomic E-state index is 12.5. The number of nitrogens with one attached hydrogen (secondary N) is 1. The summed E-state index contributed by atoms with van der Waals surface area (Å²) in [5, 5.41) is 10.1. The van der Waals surface area contributed by atoms with Gasteiger partial charge in [0.25, 0.3) is 0 Å². The van der Waals surface area contributed by atoms with Crippen molar-refractivity contribution in [3.8, 4) is 5.88 Å². The Balaban J connectivity index is 1.69. The van der Waals surface area contributed by atoms with Crippen LogP contribution in [-0.4, -0.2) is 24.3 Å². The average Bonchev–Trinajstić information content (AvgIpc) is 2.92. The molecule has 0 bridgehead atoms. The Morgan fingerprint density at radius 3 is 2.19 bits per heavy atom. The van der Waals surface area contributed by atoms with Crippen LogP contribution in [0, 0.1) is 0 Å². The number of sulfone groups is 1. The van der Waals surface area contributed by atoms with E-state index >= 15 is 0 Å². The van der Waals surface area contributed by atoms with E-state index in [2.05, 4.69) is 4.98 Å². The molecule has 1 aromatic heterocycles. The van der Waals surface area contributed by atoms with Crippen molar-refractivity contribution in [3.05, 3.63) is 81.0 Å². The summed E-state index contributed by atoms with van der Waals surface area (Å²) in [6.45, 7) is 0. The number of oxazole rings is 1. The summed E-state index contributed by atoms with van der Waals surface area (Å²) < 4.78 is 29.8. The summed E-state index contributed by atoms with van der Waals surface area (Å²) in [5.74, 6) is -0.969. The normalized spacial score (nSPS) is 11.6. The monoisotopic (exact) mass is 393 g/mol. The minimum atomic E-state index is -3.42. The van der Waals surface area contributed by atoms with Gasteiger partial charge in [0, 0.05) is 11.4 Å². The predicted octanol–water partition coefficient (Wildman–Crippen LogP) is 2.93. The lowest BCUT2D eigenvalue weighted by molar-refractivity contribution is 0.426. The van der Waals surface area contributed by atoms with E-state index in [0.717, 1.165) is 5.56 Å². The number of benzene rings is 2. The Kier molecular flexibility index (Phi) is 5.20. The molecule has 2 N–H and O–H groups in total. The molecule has 3 aromatic rings. The van der Waals surface area contributed by atoms with Crippen molar-refractivity contribution in [2.75, 3.05) is 5.75 Å². The van der Waals surface area contributed by atoms with Crippen molar-refractivity contribution in [1.29, 1.82) is 0 Å². The number of hydrogen-bond donors (Lipinski definition) is 2. The first-order valence-corrected chi connectivity index (χ1v) is 9.83. The second-order valence-corrected chi connectivity index (χ2v) is 8.35. The second kappa shape index (κ2) is 7.39. The highest BCUT2D eigenvalue weighted by molar-refractivity contribution is 7.91. The molecule has 0 aliphatic heterocycles. The molecule has 0 unspecified atom stereocenters. The van der Waals surface area contributed by atoms with Gasteiger partial charge in [-0.1, -0.05) is 35.9 Å². The predicted molar refractivity (Wildman–Crippen MR) is 97.5 cm³/mol. The molecule has 8 heteroatoms. The van der Waals surface area contributed by atoms with Crippen molar-refractivity contribution < 1.29 is 17.9 Å². The number of hydrogen-bond acceptors (Lipinski definition) is 5. The zero-order valence-corrected chi connectivity index (χ0v) is 15.2. The smallest absolute Gasteiger partial charge is 0.419 e. The molecule has 0 amide bonds. The summed E-state index contributed by atoms with van der Waals surface area (Å²) in [5.41, 5.74) is 1.60. The summed E-state index contributed by atoms with van der Waals surface area (Å²) >= 11 is 5.82. The Morgan fingerprint density at radius 2 is 1.62 bits per heavy atom. The number of halogens is 1. The lowest BCUT2D eigenvalue weighted by Gasteiger charge is -2.06. The molecule has 0 saturated heterocycles. The summed E-state index contributed by atoms with van der Waals surface area (Å²) in [7, 11) is -3.42. The molecule has 0 aliphatic carbocycles. The van der Waals surface area contributed by atoms with Crippen LogP contribution in [0.4, 0.5) is 0 Å². The molecule has 3 rings (SSSR count). The van der Waals surface area contributed by atoms with Crippen molar-refractivity contribution in [1.82, 2.24) is 4.98 Å². The summed E-state index contributed by atoms with van der Waals surface area (Å²) in [6.07, 6.45) is 0.569. The Hall–Kier alpha value is -2.51. The second-order valence-electron chi connectivity index (χ2n) is 5.80. The van der Waals surface area contributed by atoms with Crippen LogP contribution in [0.5, 0.6) is 5.88 Å². The van der Waals surface area contributed by atoms with Crippen molar-refractivity contribution in [3.63, 3.8) is 0 Å². The van der Waals surface area contributed by atoms with Gasteiger partial charge in [0.2, 0.25) is 5.88 Å². The molecule has 0 atom stereocenters. The fourth-order valence-corrected chi connectivity index (χ4v) is 3.91. The van der Waals surface area contributed by atoms with Crippen molar-refractivity contribution in [2.24, 2.45) is 0 Å². The summed E-state index contributed by atoms with van der Waals surface area (Å²) in [6, 6.07) is 13.3. The van der Waals surface area contributed by atoms with Crippen LogP contribution in [0.3, 0.4) is 0 Å². The van der Waals surface area contributed by atoms with Crippen LogP contribution in [0.1, 0.15) is 16.9 Å². The van der Waals surface area contributed by atoms with E-state index in [-0.39, 0.29) is 28.7 Å². The van der Waals surface area contributed by atoms with Gasteiger partial charge >= 0.3 is 5.76 Å². The van der Waals surface area contributed by atoms with Gasteiger partial charge in [-0.2, -0.15) is 0 Å². The van der Waals surface area contributed by atoms with Crippen LogP contribution in [0.2, 0.25) is 5.02 Å². The quantitative estimate of drug-likeness (QED) is 0.670. The van der Waals surface area contributed by atoms with Gasteiger partial charge in [-0.3, -0.25) is 4.98 Å². The molecule has 0 spiro atoms. The minimum absolute atomic E-state index is 0.0124. The molecule has 2 aromatic carbocycles. The molecular formula is C18H16ClNO5S. The SMILES string of the molecule is O=c1[nH]c(O)c(Cc2ccc(S(=O)(=O)CCc3ccc(Cl)cc3)cc2)o1. The van der Waals surface area contributed by atoms with E-state index in [0.29, 0.717) is 17.0 Å². The molecule has 136 valence electrons. The maximum Gasteiger partial charge on any atom is 0.419 e. The van der Waals surface area contributed by atoms with Gasteiger partial charge in [0.05, 0.1) is 10.6 Å². The zero-order chi connectivity index (χ0) is 18.7. The van der Waals surface area contributed by atoms with E-state index in [9.17, 15) is 18.3 Å². The van der Waals surface area contributed by atoms with Crippen LogP contribution >= 0.6 is 11.6 Å². The van der Waals surface area contributed by atoms with Crippen LogP contribution in [0.25, 0.3) is 0 Å². The number of aromatic hydroxyl groups is 1. The highest BCUT2D eigenvalue weighted by Crippen LogP contribution is 2.19. The molecular weight excluding hydrogens is 378 g/mol. The highest BCUT2D eigenvalue weighted by atomic mass is 35.5. The Bertz CT molecular complexity index is 1050. The topological polar surface area (TPSA) is 100 Å². The third kappa shape index (κ3) is 4.36. The fraction of sp³-hybridized carbons (Fsp3) is 0.167. The first-order chi connectivity index (χ1) is 12.3. The van der Waals surface area contributed by atoms with Crippen LogP contribution in [0.15, 0.2) is 62.6 Å². The zero-order valence-electron chi connectivity index (χ0n) is 13.6. The first kappa shape index (κ1) is 18.3. The number of H-pyrrole nitrogens is 1. The van der Waals surface area contributed by atoms with Gasteiger partial charge in [0.15, 0.2) is 15.6 Å². The maximum absolute atomic E-state index is 12.5. The van der Waals surface area contributed by atoms with Gasteiger partial charge in [0.1, 0.15) is 0 Å². The largest absolute Gasteiger partial charge is 0.492 e. The molecule has 0 saturated carbocycles. The van der Waals surface area contributed by atoms with Gasteiger partial charge in [-0.15, -0.1) is 0 Å². The van der Waals surface area contributed by atoms with E-state index in [1.165, 1.54) is 12.1 Å². The van der Waals surface area contributed by atoms with Crippen molar-refractivity contribution >= 4 is 21.4 Å². The van der Waals surface area contributed by atoms with Gasteiger partial charge in [-0.05, 0) is 41.8 Å². The molecule has 6 nitrogen and oxygen atoms in total. The molecule has 0 fully saturated rings. The lowest BCUT2D eigenvalue weighted by atomic mass is 10.1. The fourth-order valence-electron chi connectivity index (χ4n) is 2.49. The van der Waals surface area contributed by atoms with Crippen molar-refractivity contribution in [2.45, 2.75) is 17.7 Å². The third-order valence-corrected chi connectivity index (χ3v) is 5.90. The molecule has 0 aliphatic rings. The standard InChI is InChI=1S/C18H16ClNO5S/c19-14-5-1-12(2-6-14)9-10-26(23,24)15-7-3-13(4-8-15)11-16-17(21)20-18(22)25-16/h1-8,21H,9-11H2,(H,20,22). The van der Waals surface area contributed by atoms with E-state index < -0.39 is 15.6 Å². The summed E-state index contributed by atoms with van der Waals surface area (Å²) in [4.78, 5) is 13.4. The molecule has 0 radical (unpaired) electrons. The Morgan fingerprint density at radius 1 is 1.00 bits per heavy atom. The van der Waals surface area contributed by atoms with E-state index in [1.54, 1.807) is 36.4 Å². The van der Waals surface area contributed by atoms with E-state index in [4.69, 9.17) is 16.0 Å². The number of aromatic amines is 1. The minimum Gasteiger partial charge on any atom is -0.492 e. The molecule has 26 heavy (non-hydrogen) atoms. The highest BCUT2D eigenvalue weighted by Gasteiger charge is 2.15.